The zero-order chi connectivity index (χ0) is 18.0. The molecule has 0 radical (unpaired) electrons. The molecule has 25 heavy (non-hydrogen) atoms. The van der Waals surface area contributed by atoms with Crippen molar-refractivity contribution in [2.75, 3.05) is 31.3 Å². The van der Waals surface area contributed by atoms with Crippen LogP contribution in [-0.2, 0) is 18.6 Å². The molecule has 2 aliphatic rings. The fraction of sp³-hybridized carbons (Fsp3) is 0.615. The Bertz CT molecular complexity index is 876. The van der Waals surface area contributed by atoms with Crippen LogP contribution in [0.5, 0.6) is 0 Å². The summed E-state index contributed by atoms with van der Waals surface area (Å²) in [5.74, 6) is 0.152. The van der Waals surface area contributed by atoms with Crippen molar-refractivity contribution in [1.82, 2.24) is 19.5 Å². The smallest absolute Gasteiger partial charge is 0.387 e. The predicted molar refractivity (Wildman–Crippen MR) is 86.8 cm³/mol. The van der Waals surface area contributed by atoms with Gasteiger partial charge in [-0.25, -0.2) is 4.98 Å². The fourth-order valence-corrected chi connectivity index (χ4v) is 3.82. The quantitative estimate of drug-likeness (QED) is 0.615. The predicted octanol–water partition coefficient (Wildman–Crippen LogP) is -0.203. The first kappa shape index (κ1) is 16.6. The normalized spacial score (nSPS) is 34.8. The lowest BCUT2D eigenvalue weighted by Gasteiger charge is -2.33. The minimum absolute atomic E-state index is 0.00236. The summed E-state index contributed by atoms with van der Waals surface area (Å²) in [7, 11) is -1.84. The Morgan fingerprint density at radius 1 is 1.52 bits per heavy atom. The summed E-state index contributed by atoms with van der Waals surface area (Å²) in [5, 5.41) is 10.8. The second-order valence-electron chi connectivity index (χ2n) is 6.41. The van der Waals surface area contributed by atoms with Crippen molar-refractivity contribution in [3.63, 3.8) is 0 Å². The SMILES string of the molecule is C[P+](=O)OC[C@]12CO[C@](C)([C@@H]1O)[C@H](n1cnc3c(N)nc(N)nc31)O2. The average Bonchev–Trinajstić information content (AvgIpc) is 3.13. The number of hydrogen-bond acceptors (Lipinski definition) is 10. The van der Waals surface area contributed by atoms with E-state index in [9.17, 15) is 9.67 Å². The van der Waals surface area contributed by atoms with E-state index in [2.05, 4.69) is 15.0 Å². The first-order valence-electron chi connectivity index (χ1n) is 7.56. The van der Waals surface area contributed by atoms with Gasteiger partial charge in [0.25, 0.3) is 0 Å². The summed E-state index contributed by atoms with van der Waals surface area (Å²) < 4.78 is 30.0. The number of aromatic nitrogens is 4. The third-order valence-electron chi connectivity index (χ3n) is 4.71. The molecule has 0 aromatic carbocycles. The Morgan fingerprint density at radius 2 is 2.28 bits per heavy atom. The summed E-state index contributed by atoms with van der Waals surface area (Å²) in [6, 6.07) is 0. The lowest BCUT2D eigenvalue weighted by atomic mass is 9.92. The Morgan fingerprint density at radius 3 is 3.00 bits per heavy atom. The molecule has 0 aliphatic carbocycles. The van der Waals surface area contributed by atoms with Gasteiger partial charge >= 0.3 is 8.03 Å². The van der Waals surface area contributed by atoms with E-state index in [1.807, 2.05) is 0 Å². The topological polar surface area (TPSA) is 161 Å². The summed E-state index contributed by atoms with van der Waals surface area (Å²) in [4.78, 5) is 12.3. The van der Waals surface area contributed by atoms with E-state index in [1.54, 1.807) is 11.5 Å². The molecule has 2 aliphatic heterocycles. The van der Waals surface area contributed by atoms with Gasteiger partial charge in [-0.15, -0.1) is 4.52 Å². The lowest BCUT2D eigenvalue weighted by Crippen LogP contribution is -2.45. The number of anilines is 2. The van der Waals surface area contributed by atoms with Crippen LogP contribution in [0.15, 0.2) is 6.33 Å². The maximum absolute atomic E-state index is 11.3. The van der Waals surface area contributed by atoms with E-state index in [0.29, 0.717) is 11.2 Å². The Kier molecular flexibility index (Phi) is 3.50. The highest BCUT2D eigenvalue weighted by molar-refractivity contribution is 7.38. The molecule has 2 fully saturated rings. The van der Waals surface area contributed by atoms with Gasteiger partial charge in [-0.3, -0.25) is 4.57 Å². The zero-order valence-corrected chi connectivity index (χ0v) is 14.5. The number of nitrogens with zero attached hydrogens (tertiary/aromatic N) is 4. The van der Waals surface area contributed by atoms with Crippen LogP contribution in [-0.4, -0.2) is 61.8 Å². The van der Waals surface area contributed by atoms with Crippen LogP contribution in [0, 0.1) is 0 Å². The number of aliphatic hydroxyl groups excluding tert-OH is 1. The van der Waals surface area contributed by atoms with E-state index < -0.39 is 31.6 Å². The van der Waals surface area contributed by atoms with Gasteiger partial charge in [-0.05, 0) is 11.5 Å². The second kappa shape index (κ2) is 5.29. The molecule has 2 bridgehead atoms. The van der Waals surface area contributed by atoms with Crippen LogP contribution >= 0.6 is 8.03 Å². The number of aliphatic hydroxyl groups is 1. The van der Waals surface area contributed by atoms with E-state index in [1.165, 1.54) is 13.0 Å². The minimum Gasteiger partial charge on any atom is -0.387 e. The van der Waals surface area contributed by atoms with E-state index in [-0.39, 0.29) is 25.0 Å². The molecule has 2 saturated heterocycles. The number of hydrogen-bond donors (Lipinski definition) is 3. The number of rotatable bonds is 4. The fourth-order valence-electron chi connectivity index (χ4n) is 3.42. The summed E-state index contributed by atoms with van der Waals surface area (Å²) >= 11 is 0. The molecule has 0 spiro atoms. The van der Waals surface area contributed by atoms with Gasteiger partial charge in [-0.2, -0.15) is 9.97 Å². The summed E-state index contributed by atoms with van der Waals surface area (Å²) in [5.41, 5.74) is 10.1. The molecule has 5 N–H and O–H groups in total. The van der Waals surface area contributed by atoms with E-state index in [4.69, 9.17) is 25.5 Å². The van der Waals surface area contributed by atoms with Gasteiger partial charge in [-0.1, -0.05) is 0 Å². The van der Waals surface area contributed by atoms with Crippen LogP contribution in [0.3, 0.4) is 0 Å². The molecule has 12 heteroatoms. The third-order valence-corrected chi connectivity index (χ3v) is 5.21. The van der Waals surface area contributed by atoms with Crippen molar-refractivity contribution < 1.29 is 23.7 Å². The van der Waals surface area contributed by atoms with Gasteiger partial charge in [0.2, 0.25) is 5.95 Å². The molecular formula is C13H18N6O5P+. The highest BCUT2D eigenvalue weighted by Gasteiger charge is 2.69. The first-order valence-corrected chi connectivity index (χ1v) is 9.18. The number of nitrogen functional groups attached to an aromatic ring is 2. The Labute approximate surface area is 143 Å². The van der Waals surface area contributed by atoms with E-state index >= 15 is 0 Å². The minimum atomic E-state index is -1.84. The molecule has 0 amide bonds. The Balaban J connectivity index is 1.76. The molecule has 4 heterocycles. The van der Waals surface area contributed by atoms with Crippen molar-refractivity contribution in [1.29, 1.82) is 0 Å². The van der Waals surface area contributed by atoms with Crippen LogP contribution in [0.4, 0.5) is 11.8 Å². The van der Waals surface area contributed by atoms with Crippen LogP contribution < -0.4 is 11.5 Å². The Hall–Kier alpha value is -1.91. The number of ether oxygens (including phenoxy) is 2. The largest absolute Gasteiger partial charge is 0.504 e. The number of nitrogens with two attached hydrogens (primary N) is 2. The highest BCUT2D eigenvalue weighted by atomic mass is 31.1. The van der Waals surface area contributed by atoms with Crippen molar-refractivity contribution in [3.8, 4) is 0 Å². The van der Waals surface area contributed by atoms with Crippen LogP contribution in [0.25, 0.3) is 11.2 Å². The summed E-state index contributed by atoms with van der Waals surface area (Å²) in [6.45, 7) is 3.22. The van der Waals surface area contributed by atoms with Crippen LogP contribution in [0.2, 0.25) is 0 Å². The van der Waals surface area contributed by atoms with E-state index in [0.717, 1.165) is 0 Å². The van der Waals surface area contributed by atoms with Crippen LogP contribution in [0.1, 0.15) is 13.2 Å². The number of fused-ring (bicyclic) bond motifs is 3. The number of imidazole rings is 1. The molecule has 134 valence electrons. The van der Waals surface area contributed by atoms with Gasteiger partial charge in [0.1, 0.15) is 23.8 Å². The lowest BCUT2D eigenvalue weighted by molar-refractivity contribution is -0.208. The van der Waals surface area contributed by atoms with Crippen molar-refractivity contribution in [2.24, 2.45) is 0 Å². The maximum Gasteiger partial charge on any atom is 0.504 e. The van der Waals surface area contributed by atoms with Gasteiger partial charge < -0.3 is 26.0 Å². The monoisotopic (exact) mass is 369 g/mol. The third kappa shape index (κ3) is 2.24. The molecule has 4 rings (SSSR count). The molecule has 2 aromatic heterocycles. The van der Waals surface area contributed by atoms with Gasteiger partial charge in [0, 0.05) is 0 Å². The van der Waals surface area contributed by atoms with Crippen molar-refractivity contribution in [2.45, 2.75) is 30.5 Å². The zero-order valence-electron chi connectivity index (χ0n) is 13.6. The maximum atomic E-state index is 11.3. The second-order valence-corrected chi connectivity index (χ2v) is 7.55. The molecule has 0 saturated carbocycles. The van der Waals surface area contributed by atoms with Crippen molar-refractivity contribution in [3.05, 3.63) is 6.33 Å². The standard InChI is InChI=1S/C13H18N6O5P/c1-12-9(20)13(3-22-12,4-23-25(2)21)24-10(12)19-5-16-6-7(14)17-11(15)18-8(6)19/h5,9-10,20H,3-4H2,1-2H3,(H4,14,15,17,18)/q+1/t9-,10+,12+,13+/m0/s1. The van der Waals surface area contributed by atoms with Gasteiger partial charge in [0.05, 0.1) is 12.9 Å². The molecular weight excluding hydrogens is 351 g/mol. The van der Waals surface area contributed by atoms with Crippen molar-refractivity contribution >= 4 is 31.0 Å². The summed E-state index contributed by atoms with van der Waals surface area (Å²) in [6.07, 6.45) is -0.251. The molecule has 11 nitrogen and oxygen atoms in total. The molecule has 2 aromatic rings. The molecule has 1 unspecified atom stereocenters. The highest BCUT2D eigenvalue weighted by Crippen LogP contribution is 2.53. The van der Waals surface area contributed by atoms with Gasteiger partial charge in [0.15, 0.2) is 30.0 Å². The molecule has 5 atom stereocenters. The average molecular weight is 369 g/mol. The first-order chi connectivity index (χ1) is 11.8.